The van der Waals surface area contributed by atoms with Crippen molar-refractivity contribution in [3.63, 3.8) is 0 Å². The topological polar surface area (TPSA) is 72.5 Å². The molecule has 0 aromatic carbocycles. The summed E-state index contributed by atoms with van der Waals surface area (Å²) in [4.78, 5) is 8.74. The molecule has 108 valence electrons. The van der Waals surface area contributed by atoms with E-state index in [0.29, 0.717) is 17.1 Å². The van der Waals surface area contributed by atoms with E-state index in [-0.39, 0.29) is 12.7 Å². The third kappa shape index (κ3) is 2.71. The molecule has 0 amide bonds. The van der Waals surface area contributed by atoms with Gasteiger partial charge in [-0.05, 0) is 26.0 Å². The normalized spacial score (nSPS) is 11.2. The first-order valence-electron chi connectivity index (χ1n) is 6.74. The Labute approximate surface area is 122 Å². The molecule has 0 fully saturated rings. The van der Waals surface area contributed by atoms with Gasteiger partial charge in [0.25, 0.3) is 0 Å². The van der Waals surface area contributed by atoms with Gasteiger partial charge in [-0.3, -0.25) is 0 Å². The van der Waals surface area contributed by atoms with Crippen molar-refractivity contribution >= 4 is 5.65 Å². The fourth-order valence-corrected chi connectivity index (χ4v) is 2.06. The minimum atomic E-state index is -0.0853. The van der Waals surface area contributed by atoms with Crippen molar-refractivity contribution in [2.24, 2.45) is 0 Å². The summed E-state index contributed by atoms with van der Waals surface area (Å²) >= 11 is 0. The predicted octanol–water partition coefficient (Wildman–Crippen LogP) is 2.07. The molecule has 0 unspecified atom stereocenters. The molecule has 21 heavy (non-hydrogen) atoms. The van der Waals surface area contributed by atoms with Gasteiger partial charge in [-0.1, -0.05) is 0 Å². The van der Waals surface area contributed by atoms with Gasteiger partial charge in [-0.15, -0.1) is 0 Å². The van der Waals surface area contributed by atoms with Gasteiger partial charge < -0.3 is 9.84 Å². The molecule has 0 saturated carbocycles. The number of hydrogen-bond donors (Lipinski definition) is 1. The van der Waals surface area contributed by atoms with E-state index in [1.165, 1.54) is 0 Å². The Hall–Kier alpha value is -2.47. The van der Waals surface area contributed by atoms with Crippen molar-refractivity contribution < 1.29 is 9.84 Å². The summed E-state index contributed by atoms with van der Waals surface area (Å²) in [5.41, 5.74) is 3.05. The number of fused-ring (bicyclic) bond motifs is 1. The third-order valence-corrected chi connectivity index (χ3v) is 3.00. The average molecular weight is 284 g/mol. The minimum Gasteiger partial charge on any atom is -0.475 e. The second-order valence-electron chi connectivity index (χ2n) is 4.96. The van der Waals surface area contributed by atoms with E-state index in [1.807, 2.05) is 38.2 Å². The molecule has 3 heterocycles. The van der Waals surface area contributed by atoms with Crippen LogP contribution in [0.1, 0.15) is 19.4 Å². The van der Waals surface area contributed by atoms with E-state index >= 15 is 0 Å². The Balaban J connectivity index is 2.03. The zero-order valence-electron chi connectivity index (χ0n) is 11.9. The second kappa shape index (κ2) is 5.49. The van der Waals surface area contributed by atoms with E-state index in [4.69, 9.17) is 4.74 Å². The van der Waals surface area contributed by atoms with Gasteiger partial charge in [0.15, 0.2) is 5.65 Å². The van der Waals surface area contributed by atoms with Crippen LogP contribution in [0.25, 0.3) is 16.9 Å². The van der Waals surface area contributed by atoms with E-state index < -0.39 is 0 Å². The molecule has 0 aliphatic heterocycles. The van der Waals surface area contributed by atoms with Crippen LogP contribution in [0.15, 0.2) is 36.8 Å². The molecule has 0 radical (unpaired) electrons. The van der Waals surface area contributed by atoms with E-state index in [0.717, 1.165) is 11.3 Å². The number of aliphatic hydroxyl groups is 1. The summed E-state index contributed by atoms with van der Waals surface area (Å²) in [5, 5.41) is 13.4. The van der Waals surface area contributed by atoms with Crippen LogP contribution in [-0.2, 0) is 6.61 Å². The number of ether oxygens (including phenoxy) is 1. The molecular formula is C15H16N4O2. The lowest BCUT2D eigenvalue weighted by atomic mass is 10.2. The van der Waals surface area contributed by atoms with Crippen LogP contribution in [0.2, 0.25) is 0 Å². The highest BCUT2D eigenvalue weighted by Crippen LogP contribution is 2.22. The van der Waals surface area contributed by atoms with Crippen LogP contribution >= 0.6 is 0 Å². The highest BCUT2D eigenvalue weighted by molar-refractivity contribution is 5.63. The molecule has 1 N–H and O–H groups in total. The number of aromatic nitrogens is 4. The number of rotatable bonds is 4. The molecule has 0 aliphatic carbocycles. The number of hydrogen-bond acceptors (Lipinski definition) is 5. The zero-order chi connectivity index (χ0) is 14.8. The lowest BCUT2D eigenvalue weighted by Gasteiger charge is -2.09. The Morgan fingerprint density at radius 1 is 1.33 bits per heavy atom. The van der Waals surface area contributed by atoms with Gasteiger partial charge in [0.05, 0.1) is 24.6 Å². The van der Waals surface area contributed by atoms with E-state index in [2.05, 4.69) is 15.1 Å². The van der Waals surface area contributed by atoms with E-state index in [9.17, 15) is 5.11 Å². The van der Waals surface area contributed by atoms with Crippen molar-refractivity contribution in [3.05, 3.63) is 42.4 Å². The summed E-state index contributed by atoms with van der Waals surface area (Å²) in [6.07, 6.45) is 5.20. The molecule has 6 nitrogen and oxygen atoms in total. The molecule has 3 rings (SSSR count). The highest BCUT2D eigenvalue weighted by atomic mass is 16.5. The van der Waals surface area contributed by atoms with Gasteiger partial charge >= 0.3 is 0 Å². The van der Waals surface area contributed by atoms with Crippen molar-refractivity contribution in [3.8, 4) is 17.1 Å². The molecule has 0 atom stereocenters. The van der Waals surface area contributed by atoms with Crippen molar-refractivity contribution in [2.45, 2.75) is 26.6 Å². The van der Waals surface area contributed by atoms with Crippen molar-refractivity contribution in [1.29, 1.82) is 0 Å². The van der Waals surface area contributed by atoms with Gasteiger partial charge in [-0.2, -0.15) is 5.10 Å². The molecule has 0 spiro atoms. The zero-order valence-corrected chi connectivity index (χ0v) is 11.9. The molecule has 0 aliphatic rings. The first-order valence-corrected chi connectivity index (χ1v) is 6.74. The van der Waals surface area contributed by atoms with Gasteiger partial charge in [0, 0.05) is 29.6 Å². The highest BCUT2D eigenvalue weighted by Gasteiger charge is 2.08. The molecule has 0 saturated heterocycles. The summed E-state index contributed by atoms with van der Waals surface area (Å²) in [7, 11) is 0. The fourth-order valence-electron chi connectivity index (χ4n) is 2.06. The molecule has 3 aromatic rings. The quantitative estimate of drug-likeness (QED) is 0.794. The second-order valence-corrected chi connectivity index (χ2v) is 4.96. The standard InChI is InChI=1S/C15H16N4O2/c1-10(2)21-14-7-11(3-5-16-14)13-4-6-19-15(18-13)12(9-20)8-17-19/h3-8,10,20H,9H2,1-2H3. The van der Waals surface area contributed by atoms with Crippen LogP contribution in [0.3, 0.4) is 0 Å². The average Bonchev–Trinajstić information content (AvgIpc) is 2.89. The fraction of sp³-hybridized carbons (Fsp3) is 0.267. The number of pyridine rings is 1. The Morgan fingerprint density at radius 2 is 2.19 bits per heavy atom. The van der Waals surface area contributed by atoms with Gasteiger partial charge in [-0.25, -0.2) is 14.5 Å². The maximum atomic E-state index is 9.31. The molecule has 6 heteroatoms. The SMILES string of the molecule is CC(C)Oc1cc(-c2ccn3ncc(CO)c3n2)ccn1. The summed E-state index contributed by atoms with van der Waals surface area (Å²) in [6, 6.07) is 5.60. The van der Waals surface area contributed by atoms with Crippen LogP contribution < -0.4 is 4.74 Å². The predicted molar refractivity (Wildman–Crippen MR) is 77.9 cm³/mol. The monoisotopic (exact) mass is 284 g/mol. The lowest BCUT2D eigenvalue weighted by Crippen LogP contribution is -2.06. The van der Waals surface area contributed by atoms with Gasteiger partial charge in [0.1, 0.15) is 0 Å². The van der Waals surface area contributed by atoms with Crippen LogP contribution in [0.5, 0.6) is 5.88 Å². The Morgan fingerprint density at radius 3 is 2.95 bits per heavy atom. The Bertz CT molecular complexity index is 767. The minimum absolute atomic E-state index is 0.0685. The Kier molecular flexibility index (Phi) is 3.53. The van der Waals surface area contributed by atoms with Crippen molar-refractivity contribution in [2.75, 3.05) is 0 Å². The first-order chi connectivity index (χ1) is 10.2. The summed E-state index contributed by atoms with van der Waals surface area (Å²) < 4.78 is 7.24. The molecular weight excluding hydrogens is 268 g/mol. The number of aliphatic hydroxyl groups excluding tert-OH is 1. The smallest absolute Gasteiger partial charge is 0.214 e. The maximum Gasteiger partial charge on any atom is 0.214 e. The van der Waals surface area contributed by atoms with Crippen LogP contribution in [0, 0.1) is 0 Å². The third-order valence-electron chi connectivity index (χ3n) is 3.00. The summed E-state index contributed by atoms with van der Waals surface area (Å²) in [6.45, 7) is 3.83. The first kappa shape index (κ1) is 13.5. The van der Waals surface area contributed by atoms with Crippen LogP contribution in [-0.4, -0.2) is 30.8 Å². The lowest BCUT2D eigenvalue weighted by molar-refractivity contribution is 0.233. The van der Waals surface area contributed by atoms with E-state index in [1.54, 1.807) is 16.9 Å². The molecule has 3 aromatic heterocycles. The number of nitrogens with zero attached hydrogens (tertiary/aromatic N) is 4. The van der Waals surface area contributed by atoms with Crippen LogP contribution in [0.4, 0.5) is 0 Å². The maximum absolute atomic E-state index is 9.31. The van der Waals surface area contributed by atoms with Crippen molar-refractivity contribution in [1.82, 2.24) is 19.6 Å². The molecule has 0 bridgehead atoms. The van der Waals surface area contributed by atoms with Gasteiger partial charge in [0.2, 0.25) is 5.88 Å². The largest absolute Gasteiger partial charge is 0.475 e. The summed E-state index contributed by atoms with van der Waals surface area (Å²) in [5.74, 6) is 0.570.